The molecule has 0 bridgehead atoms. The summed E-state index contributed by atoms with van der Waals surface area (Å²) >= 11 is 0. The van der Waals surface area contributed by atoms with Crippen LogP contribution in [0.25, 0.3) is 0 Å². The molecule has 0 aromatic rings. The van der Waals surface area contributed by atoms with Crippen LogP contribution in [0.1, 0.15) is 12.8 Å². The largest absolute Gasteiger partial charge is 0.394 e. The van der Waals surface area contributed by atoms with Crippen molar-refractivity contribution >= 4 is 5.91 Å². The fraction of sp³-hybridized carbons (Fsp3) is 0.963. The average Bonchev–Trinajstić information content (AvgIpc) is 3.38. The Labute approximate surface area is 281 Å². The lowest BCUT2D eigenvalue weighted by atomic mass is 9.83. The van der Waals surface area contributed by atoms with Crippen LogP contribution >= 0.6 is 0 Å². The van der Waals surface area contributed by atoms with E-state index in [1.807, 2.05) is 0 Å². The first-order valence-corrected chi connectivity index (χ1v) is 16.1. The van der Waals surface area contributed by atoms with Crippen molar-refractivity contribution in [1.82, 2.24) is 5.32 Å². The summed E-state index contributed by atoms with van der Waals surface area (Å²) in [6.45, 7) is -1.37. The monoisotopic (exact) mass is 715 g/mol. The van der Waals surface area contributed by atoms with Gasteiger partial charge in [-0.2, -0.15) is 0 Å². The molecule has 22 nitrogen and oxygen atoms in total. The molecule has 1 saturated carbocycles. The molecule has 0 aromatic carbocycles. The number of aliphatic hydroxyl groups is 8. The van der Waals surface area contributed by atoms with Crippen molar-refractivity contribution in [3.05, 3.63) is 0 Å². The molecule has 4 rings (SSSR count). The van der Waals surface area contributed by atoms with E-state index in [-0.39, 0.29) is 25.9 Å². The summed E-state index contributed by atoms with van der Waals surface area (Å²) in [5.74, 6) is -1.08. The second-order valence-corrected chi connectivity index (χ2v) is 12.9. The number of aliphatic hydroxyl groups excluding tert-OH is 8. The van der Waals surface area contributed by atoms with E-state index in [4.69, 9.17) is 62.8 Å². The first-order valence-electron chi connectivity index (χ1n) is 16.1. The fourth-order valence-electron chi connectivity index (χ4n) is 6.35. The first kappa shape index (κ1) is 40.4. The Morgan fingerprint density at radius 1 is 0.735 bits per heavy atom. The summed E-state index contributed by atoms with van der Waals surface area (Å²) in [7, 11) is 0. The standard InChI is InChI=1S/C27H53N7O15/c28-3-7-1-10(36)14(32)25(44-7)47-21-8(31)2-9(34-24(43)17(39)11(37)4-29)16(38)22(21)48-27-23(19(41)13(6-35)46-27)49-26-15(33)20(42)18(40)12(5-30)45-26/h7-23,25-27,35-42H,1-6,28-33H2,(H,34,43)/t7-,8-,9+,10+,11+,12-,13+,14+,15+,16-,17-,18+,19+,20+,21+,22+,23+,25+,26+,27-/m0/s1. The van der Waals surface area contributed by atoms with Gasteiger partial charge in [0.05, 0.1) is 36.9 Å². The molecule has 20 atom stereocenters. The van der Waals surface area contributed by atoms with Gasteiger partial charge in [-0.15, -0.1) is 0 Å². The van der Waals surface area contributed by atoms with Crippen molar-refractivity contribution < 1.29 is 74.1 Å². The molecule has 1 aliphatic carbocycles. The zero-order chi connectivity index (χ0) is 36.3. The lowest BCUT2D eigenvalue weighted by molar-refractivity contribution is -0.316. The molecule has 286 valence electrons. The number of nitrogens with one attached hydrogen (secondary N) is 1. The second-order valence-electron chi connectivity index (χ2n) is 12.9. The van der Waals surface area contributed by atoms with Gasteiger partial charge in [-0.25, -0.2) is 0 Å². The van der Waals surface area contributed by atoms with Crippen LogP contribution in [-0.2, 0) is 33.2 Å². The molecular weight excluding hydrogens is 662 g/mol. The summed E-state index contributed by atoms with van der Waals surface area (Å²) in [6.07, 6.45) is -22.9. The number of rotatable bonds is 13. The average molecular weight is 716 g/mol. The normalized spacial score (nSPS) is 47.5. The second kappa shape index (κ2) is 17.5. The van der Waals surface area contributed by atoms with Crippen molar-refractivity contribution in [3.8, 4) is 0 Å². The van der Waals surface area contributed by atoms with Crippen LogP contribution in [0, 0.1) is 0 Å². The quantitative estimate of drug-likeness (QED) is 0.0841. The smallest absolute Gasteiger partial charge is 0.251 e. The third kappa shape index (κ3) is 8.83. The maximum absolute atomic E-state index is 12.7. The van der Waals surface area contributed by atoms with Gasteiger partial charge < -0.3 is 109 Å². The van der Waals surface area contributed by atoms with Crippen molar-refractivity contribution in [2.45, 2.75) is 135 Å². The SMILES string of the molecule is NC[C@@H]1C[C@@H](O)[C@@H](N)[C@@H](O[C@H]2[C@H](O[C@@H]3O[C@H](CO)[C@@H](O)[C@H]3O[C@H]3O[C@@H](CN)[C@@H](O)[C@H](O)[C@H]3N)[C@@H](O)[C@H](NC(=O)[C@@H](O)[C@H](O)CN)C[C@@H]2N)O1. The van der Waals surface area contributed by atoms with Crippen molar-refractivity contribution in [2.75, 3.05) is 26.2 Å². The maximum atomic E-state index is 12.7. The number of carbonyl (C=O) groups is 1. The highest BCUT2D eigenvalue weighted by molar-refractivity contribution is 5.81. The minimum atomic E-state index is -1.95. The van der Waals surface area contributed by atoms with Gasteiger partial charge in [0.25, 0.3) is 5.91 Å². The van der Waals surface area contributed by atoms with Crippen LogP contribution < -0.4 is 39.7 Å². The number of carbonyl (C=O) groups excluding carboxylic acids is 1. The van der Waals surface area contributed by atoms with Crippen molar-refractivity contribution in [3.63, 3.8) is 0 Å². The van der Waals surface area contributed by atoms with E-state index in [0.717, 1.165) is 0 Å². The zero-order valence-corrected chi connectivity index (χ0v) is 26.7. The van der Waals surface area contributed by atoms with Gasteiger partial charge in [0.2, 0.25) is 0 Å². The Bertz CT molecular complexity index is 1060. The molecule has 0 spiro atoms. The molecule has 0 unspecified atom stereocenters. The number of hydrogen-bond acceptors (Lipinski definition) is 21. The molecule has 3 heterocycles. The third-order valence-corrected chi connectivity index (χ3v) is 9.40. The predicted octanol–water partition coefficient (Wildman–Crippen LogP) is -10.0. The zero-order valence-electron chi connectivity index (χ0n) is 26.7. The van der Waals surface area contributed by atoms with Gasteiger partial charge >= 0.3 is 0 Å². The minimum absolute atomic E-state index is 0.0193. The Kier molecular flexibility index (Phi) is 14.4. The summed E-state index contributed by atoms with van der Waals surface area (Å²) in [4.78, 5) is 12.7. The Morgan fingerprint density at radius 3 is 1.96 bits per heavy atom. The molecule has 0 aromatic heterocycles. The number of amides is 1. The number of hydrogen-bond donors (Lipinski definition) is 15. The third-order valence-electron chi connectivity index (χ3n) is 9.40. The van der Waals surface area contributed by atoms with Crippen molar-refractivity contribution in [2.24, 2.45) is 34.4 Å². The number of nitrogens with two attached hydrogens (primary N) is 6. The van der Waals surface area contributed by atoms with Gasteiger partial charge in [-0.1, -0.05) is 0 Å². The van der Waals surface area contributed by atoms with Crippen molar-refractivity contribution in [1.29, 1.82) is 0 Å². The minimum Gasteiger partial charge on any atom is -0.394 e. The summed E-state index contributed by atoms with van der Waals surface area (Å²) in [5.41, 5.74) is 35.5. The lowest BCUT2D eigenvalue weighted by Gasteiger charge is -2.47. The topological polar surface area (TPSA) is 402 Å². The van der Waals surface area contributed by atoms with Crippen LogP contribution in [0.15, 0.2) is 0 Å². The molecule has 3 saturated heterocycles. The van der Waals surface area contributed by atoms with E-state index in [1.54, 1.807) is 0 Å². The van der Waals surface area contributed by atoms with Gasteiger partial charge in [0, 0.05) is 32.1 Å². The van der Waals surface area contributed by atoms with Gasteiger partial charge in [0.1, 0.15) is 61.0 Å². The van der Waals surface area contributed by atoms with E-state index in [0.29, 0.717) is 0 Å². The Hall–Kier alpha value is -1.33. The Morgan fingerprint density at radius 2 is 1.35 bits per heavy atom. The fourth-order valence-corrected chi connectivity index (χ4v) is 6.35. The summed E-state index contributed by atoms with van der Waals surface area (Å²) < 4.78 is 35.4. The van der Waals surface area contributed by atoms with E-state index >= 15 is 0 Å². The molecule has 4 aliphatic rings. The molecule has 0 radical (unpaired) electrons. The molecule has 3 aliphatic heterocycles. The highest BCUT2D eigenvalue weighted by atomic mass is 16.8. The molecule has 4 fully saturated rings. The highest BCUT2D eigenvalue weighted by Crippen LogP contribution is 2.35. The predicted molar refractivity (Wildman–Crippen MR) is 162 cm³/mol. The molecule has 1 amide bonds. The van der Waals surface area contributed by atoms with Gasteiger partial charge in [-0.05, 0) is 6.42 Å². The van der Waals surface area contributed by atoms with Crippen LogP contribution in [0.3, 0.4) is 0 Å². The molecule has 21 N–H and O–H groups in total. The maximum Gasteiger partial charge on any atom is 0.251 e. The van der Waals surface area contributed by atoms with E-state index < -0.39 is 141 Å². The summed E-state index contributed by atoms with van der Waals surface area (Å²) in [6, 6.07) is -4.73. The van der Waals surface area contributed by atoms with Crippen LogP contribution in [0.4, 0.5) is 0 Å². The molecule has 22 heteroatoms. The van der Waals surface area contributed by atoms with E-state index in [1.165, 1.54) is 0 Å². The van der Waals surface area contributed by atoms with E-state index in [9.17, 15) is 45.6 Å². The van der Waals surface area contributed by atoms with Crippen LogP contribution in [0.2, 0.25) is 0 Å². The summed E-state index contributed by atoms with van der Waals surface area (Å²) in [5, 5.41) is 86.3. The van der Waals surface area contributed by atoms with Crippen LogP contribution in [0.5, 0.6) is 0 Å². The van der Waals surface area contributed by atoms with Crippen LogP contribution in [-0.4, -0.2) is 195 Å². The number of ether oxygens (including phenoxy) is 6. The molecule has 49 heavy (non-hydrogen) atoms. The molecular formula is C27H53N7O15. The highest BCUT2D eigenvalue weighted by Gasteiger charge is 2.54. The van der Waals surface area contributed by atoms with E-state index in [2.05, 4.69) is 5.32 Å². The lowest BCUT2D eigenvalue weighted by Crippen LogP contribution is -2.68. The first-order chi connectivity index (χ1) is 23.2. The Balaban J connectivity index is 1.62. The van der Waals surface area contributed by atoms with Gasteiger partial charge in [-0.3, -0.25) is 4.79 Å². The van der Waals surface area contributed by atoms with Gasteiger partial charge in [0.15, 0.2) is 25.0 Å².